The largest absolute Gasteiger partial charge is 0.494 e. The molecule has 1 aliphatic rings. The minimum atomic E-state index is 0.192. The van der Waals surface area contributed by atoms with Crippen molar-refractivity contribution in [2.75, 3.05) is 38.5 Å². The van der Waals surface area contributed by atoms with E-state index in [9.17, 15) is 4.79 Å². The van der Waals surface area contributed by atoms with E-state index >= 15 is 0 Å². The summed E-state index contributed by atoms with van der Waals surface area (Å²) in [6, 6.07) is 15.7. The molecule has 3 aromatic rings. The van der Waals surface area contributed by atoms with Gasteiger partial charge in [-0.1, -0.05) is 30.3 Å². The summed E-state index contributed by atoms with van der Waals surface area (Å²) in [6.07, 6.45) is 1.19. The number of hydrogen-bond acceptors (Lipinski definition) is 6. The van der Waals surface area contributed by atoms with Gasteiger partial charge in [0.25, 0.3) is 0 Å². The van der Waals surface area contributed by atoms with E-state index in [4.69, 9.17) is 10.5 Å². The number of aromatic nitrogens is 2. The maximum Gasteiger partial charge on any atom is 0.222 e. The average Bonchev–Trinajstić information content (AvgIpc) is 2.79. The number of hydrogen-bond donors (Lipinski definition) is 1. The van der Waals surface area contributed by atoms with E-state index < -0.39 is 0 Å². The molecule has 1 aliphatic heterocycles. The van der Waals surface area contributed by atoms with Crippen LogP contribution in [0.5, 0.6) is 5.75 Å². The average molecular weight is 420 g/mol. The molecule has 0 radical (unpaired) electrons. The van der Waals surface area contributed by atoms with Crippen LogP contribution >= 0.6 is 0 Å². The molecule has 0 atom stereocenters. The predicted molar refractivity (Wildman–Crippen MR) is 122 cm³/mol. The first-order chi connectivity index (χ1) is 15.1. The first-order valence-corrected chi connectivity index (χ1v) is 10.9. The molecule has 0 saturated carbocycles. The number of fused-ring (bicyclic) bond motifs is 1. The molecule has 1 aromatic heterocycles. The van der Waals surface area contributed by atoms with Gasteiger partial charge in [-0.3, -0.25) is 9.69 Å². The zero-order valence-corrected chi connectivity index (χ0v) is 18.0. The number of nitrogens with zero attached hydrogens (tertiary/aromatic N) is 4. The minimum absolute atomic E-state index is 0.192. The zero-order chi connectivity index (χ0) is 21.6. The van der Waals surface area contributed by atoms with Gasteiger partial charge in [-0.15, -0.1) is 0 Å². The number of nitrogen functional groups attached to an aromatic ring is 1. The Hall–Kier alpha value is -3.19. The number of ether oxygens (including phenoxy) is 1. The number of para-hydroxylation sites is 2. The highest BCUT2D eigenvalue weighted by Gasteiger charge is 2.22. The van der Waals surface area contributed by atoms with Gasteiger partial charge in [0.05, 0.1) is 18.7 Å². The van der Waals surface area contributed by atoms with Gasteiger partial charge in [-0.25, -0.2) is 9.97 Å². The molecule has 2 heterocycles. The van der Waals surface area contributed by atoms with Crippen LogP contribution in [0.1, 0.15) is 24.7 Å². The lowest BCUT2D eigenvalue weighted by atomic mass is 10.1. The Kier molecular flexibility index (Phi) is 6.62. The van der Waals surface area contributed by atoms with Crippen LogP contribution in [0.4, 0.5) is 5.82 Å². The Morgan fingerprint density at radius 1 is 1.03 bits per heavy atom. The smallest absolute Gasteiger partial charge is 0.222 e. The topological polar surface area (TPSA) is 84.6 Å². The second-order valence-corrected chi connectivity index (χ2v) is 7.74. The van der Waals surface area contributed by atoms with Crippen molar-refractivity contribution < 1.29 is 9.53 Å². The molecule has 7 heteroatoms. The molecule has 0 bridgehead atoms. The fourth-order valence-electron chi connectivity index (χ4n) is 3.98. The molecule has 2 aromatic carbocycles. The lowest BCUT2D eigenvalue weighted by Crippen LogP contribution is -2.48. The summed E-state index contributed by atoms with van der Waals surface area (Å²) >= 11 is 0. The van der Waals surface area contributed by atoms with Crippen molar-refractivity contribution in [3.05, 3.63) is 59.9 Å². The summed E-state index contributed by atoms with van der Waals surface area (Å²) in [5, 5.41) is 0.882. The van der Waals surface area contributed by atoms with Crippen molar-refractivity contribution in [1.29, 1.82) is 0 Å². The van der Waals surface area contributed by atoms with Crippen LogP contribution in [0.15, 0.2) is 48.5 Å². The van der Waals surface area contributed by atoms with E-state index in [1.54, 1.807) is 0 Å². The predicted octanol–water partition coefficient (Wildman–Crippen LogP) is 2.89. The zero-order valence-electron chi connectivity index (χ0n) is 18.0. The van der Waals surface area contributed by atoms with Gasteiger partial charge in [0.1, 0.15) is 17.4 Å². The Bertz CT molecular complexity index is 1050. The van der Waals surface area contributed by atoms with Crippen LogP contribution in [0.2, 0.25) is 0 Å². The summed E-state index contributed by atoms with van der Waals surface area (Å²) in [6.45, 7) is 6.27. The molecule has 0 spiro atoms. The molecule has 2 N–H and O–H groups in total. The van der Waals surface area contributed by atoms with E-state index in [1.807, 2.05) is 60.4 Å². The Labute approximate surface area is 182 Å². The van der Waals surface area contributed by atoms with E-state index in [0.717, 1.165) is 54.2 Å². The van der Waals surface area contributed by atoms with Crippen LogP contribution in [0.3, 0.4) is 0 Å². The molecule has 1 fully saturated rings. The Morgan fingerprint density at radius 3 is 2.58 bits per heavy atom. The quantitative estimate of drug-likeness (QED) is 0.634. The maximum atomic E-state index is 12.7. The molecular formula is C24H29N5O2. The second kappa shape index (κ2) is 9.75. The van der Waals surface area contributed by atoms with Crippen molar-refractivity contribution in [2.45, 2.75) is 26.3 Å². The van der Waals surface area contributed by atoms with E-state index in [0.29, 0.717) is 31.8 Å². The van der Waals surface area contributed by atoms with Gasteiger partial charge < -0.3 is 15.4 Å². The first-order valence-electron chi connectivity index (χ1n) is 10.9. The number of carbonyl (C=O) groups is 1. The van der Waals surface area contributed by atoms with E-state index in [-0.39, 0.29) is 5.91 Å². The van der Waals surface area contributed by atoms with Crippen LogP contribution < -0.4 is 10.5 Å². The SMILES string of the molecule is CCOc1ccccc1CCC(=O)N1CCN(Cc2nc(N)c3ccccc3n2)CC1. The lowest BCUT2D eigenvalue weighted by Gasteiger charge is -2.34. The molecular weight excluding hydrogens is 390 g/mol. The van der Waals surface area contributed by atoms with E-state index in [1.165, 1.54) is 0 Å². The van der Waals surface area contributed by atoms with Crippen LogP contribution in [0, 0.1) is 0 Å². The molecule has 0 aliphatic carbocycles. The third-order valence-electron chi connectivity index (χ3n) is 5.65. The lowest BCUT2D eigenvalue weighted by molar-refractivity contribution is -0.133. The van der Waals surface area contributed by atoms with Gasteiger partial charge in [-0.2, -0.15) is 0 Å². The van der Waals surface area contributed by atoms with Gasteiger partial charge in [0.15, 0.2) is 0 Å². The summed E-state index contributed by atoms with van der Waals surface area (Å²) < 4.78 is 5.67. The molecule has 7 nitrogen and oxygen atoms in total. The fraction of sp³-hybridized carbons (Fsp3) is 0.375. The summed E-state index contributed by atoms with van der Waals surface area (Å²) in [4.78, 5) is 26.1. The van der Waals surface area contributed by atoms with Crippen LogP contribution in [-0.4, -0.2) is 58.5 Å². The minimum Gasteiger partial charge on any atom is -0.494 e. The number of piperazine rings is 1. The summed E-state index contributed by atoms with van der Waals surface area (Å²) in [5.74, 6) is 2.31. The number of aryl methyl sites for hydroxylation is 1. The Morgan fingerprint density at radius 2 is 1.77 bits per heavy atom. The summed E-state index contributed by atoms with van der Waals surface area (Å²) in [7, 11) is 0. The fourth-order valence-corrected chi connectivity index (χ4v) is 3.98. The third kappa shape index (κ3) is 5.11. The van der Waals surface area contributed by atoms with Crippen molar-refractivity contribution in [2.24, 2.45) is 0 Å². The highest BCUT2D eigenvalue weighted by molar-refractivity contribution is 5.87. The van der Waals surface area contributed by atoms with Gasteiger partial charge in [0.2, 0.25) is 5.91 Å². The molecule has 1 amide bonds. The highest BCUT2D eigenvalue weighted by Crippen LogP contribution is 2.21. The van der Waals surface area contributed by atoms with Crippen molar-refractivity contribution in [3.8, 4) is 5.75 Å². The molecule has 4 rings (SSSR count). The third-order valence-corrected chi connectivity index (χ3v) is 5.65. The highest BCUT2D eigenvalue weighted by atomic mass is 16.5. The summed E-state index contributed by atoms with van der Waals surface area (Å²) in [5.41, 5.74) is 8.06. The van der Waals surface area contributed by atoms with Crippen molar-refractivity contribution >= 4 is 22.6 Å². The second-order valence-electron chi connectivity index (χ2n) is 7.74. The van der Waals surface area contributed by atoms with Crippen molar-refractivity contribution in [3.63, 3.8) is 0 Å². The van der Waals surface area contributed by atoms with E-state index in [2.05, 4.69) is 14.9 Å². The number of rotatable bonds is 7. The van der Waals surface area contributed by atoms with Gasteiger partial charge in [0, 0.05) is 38.0 Å². The monoisotopic (exact) mass is 419 g/mol. The molecule has 0 unspecified atom stereocenters. The number of benzene rings is 2. The Balaban J connectivity index is 1.29. The molecule has 1 saturated heterocycles. The number of carbonyl (C=O) groups excluding carboxylic acids is 1. The maximum absolute atomic E-state index is 12.7. The number of amides is 1. The van der Waals surface area contributed by atoms with Gasteiger partial charge in [-0.05, 0) is 37.1 Å². The molecule has 162 valence electrons. The standard InChI is InChI=1S/C24H29N5O2/c1-2-31-21-10-6-3-7-18(21)11-12-23(30)29-15-13-28(14-16-29)17-22-26-20-9-5-4-8-19(20)24(25)27-22/h3-10H,2,11-17H2,1H3,(H2,25,26,27). The number of nitrogens with two attached hydrogens (primary N) is 1. The van der Waals surface area contributed by atoms with Crippen LogP contribution in [0.25, 0.3) is 10.9 Å². The normalized spacial score (nSPS) is 14.7. The number of anilines is 1. The van der Waals surface area contributed by atoms with Crippen LogP contribution in [-0.2, 0) is 17.8 Å². The molecule has 31 heavy (non-hydrogen) atoms. The van der Waals surface area contributed by atoms with Gasteiger partial charge >= 0.3 is 0 Å². The van der Waals surface area contributed by atoms with Crippen molar-refractivity contribution in [1.82, 2.24) is 19.8 Å². The first kappa shape index (κ1) is 21.1.